The van der Waals surface area contributed by atoms with E-state index >= 15 is 0 Å². The fourth-order valence-corrected chi connectivity index (χ4v) is 5.83. The normalized spacial score (nSPS) is 18.1. The highest BCUT2D eigenvalue weighted by atomic mass is 32.1. The average molecular weight is 527 g/mol. The van der Waals surface area contributed by atoms with E-state index in [2.05, 4.69) is 47.8 Å². The van der Waals surface area contributed by atoms with Crippen molar-refractivity contribution in [2.75, 3.05) is 24.3 Å². The number of nitrogens with zero attached hydrogens (tertiary/aromatic N) is 2. The highest BCUT2D eigenvalue weighted by Crippen LogP contribution is 2.29. The van der Waals surface area contributed by atoms with Gasteiger partial charge in [-0.25, -0.2) is 4.98 Å². The number of carbonyl (C=O) groups excluding carboxylic acids is 2. The van der Waals surface area contributed by atoms with Crippen molar-refractivity contribution in [2.45, 2.75) is 50.6 Å². The number of fused-ring (bicyclic) bond motifs is 1. The summed E-state index contributed by atoms with van der Waals surface area (Å²) in [5.41, 5.74) is 3.70. The first-order chi connectivity index (χ1) is 18.4. The number of rotatable bonds is 8. The number of thiophene rings is 1. The Bertz CT molecular complexity index is 1410. The van der Waals surface area contributed by atoms with Crippen molar-refractivity contribution in [3.05, 3.63) is 88.1 Å². The van der Waals surface area contributed by atoms with E-state index in [-0.39, 0.29) is 23.7 Å². The van der Waals surface area contributed by atoms with Gasteiger partial charge in [0.15, 0.2) is 0 Å². The first kappa shape index (κ1) is 25.9. The van der Waals surface area contributed by atoms with Gasteiger partial charge in [0.25, 0.3) is 0 Å². The summed E-state index contributed by atoms with van der Waals surface area (Å²) in [7, 11) is 4.11. The van der Waals surface area contributed by atoms with E-state index in [9.17, 15) is 9.59 Å². The molecule has 2 aromatic heterocycles. The quantitative estimate of drug-likeness (QED) is 0.266. The van der Waals surface area contributed by atoms with Crippen LogP contribution in [0.1, 0.15) is 59.3 Å². The van der Waals surface area contributed by atoms with E-state index in [1.165, 1.54) is 11.3 Å². The Labute approximate surface area is 228 Å². The zero-order chi connectivity index (χ0) is 26.6. The lowest BCUT2D eigenvalue weighted by molar-refractivity contribution is -0.123. The fourth-order valence-electron chi connectivity index (χ4n) is 5.14. The molecule has 4 aromatic rings. The lowest BCUT2D eigenvalue weighted by Gasteiger charge is -2.31. The largest absolute Gasteiger partial charge is 0.377 e. The number of para-hydroxylation sites is 1. The number of amides is 1. The molecule has 1 aliphatic rings. The van der Waals surface area contributed by atoms with Gasteiger partial charge in [-0.05, 0) is 55.7 Å². The minimum atomic E-state index is -0.275. The second-order valence-corrected chi connectivity index (χ2v) is 11.2. The molecule has 0 bridgehead atoms. The number of benzene rings is 2. The summed E-state index contributed by atoms with van der Waals surface area (Å²) in [5, 5.41) is 9.94. The van der Waals surface area contributed by atoms with Crippen LogP contribution in [0.4, 0.5) is 11.5 Å². The molecule has 2 heterocycles. The van der Waals surface area contributed by atoms with Crippen molar-refractivity contribution < 1.29 is 9.59 Å². The molecule has 0 saturated heterocycles. The Hall–Kier alpha value is -3.71. The molecule has 1 aliphatic carbocycles. The molecule has 0 radical (unpaired) electrons. The first-order valence-electron chi connectivity index (χ1n) is 13.2. The molecule has 6 nitrogen and oxygen atoms in total. The number of anilines is 2. The molecule has 2 aromatic carbocycles. The maximum atomic E-state index is 13.0. The third-order valence-electron chi connectivity index (χ3n) is 7.41. The summed E-state index contributed by atoms with van der Waals surface area (Å²) in [6.07, 6.45) is 3.81. The lowest BCUT2D eigenvalue weighted by atomic mass is 9.90. The van der Waals surface area contributed by atoms with Gasteiger partial charge in [-0.15, -0.1) is 11.3 Å². The number of ketones is 1. The standard InChI is InChI=1S/C31H34N4O2S/c1-20(21-10-12-22(13-11-21)30(36)28-9-6-18-38-28)31(37)33-24-16-14-23(15-17-24)32-29-19-27(35(2)3)25-7-4-5-8-26(25)34-29/h4-13,18-20,23-24H,14-17H2,1-3H3,(H,32,34)(H,33,37). The summed E-state index contributed by atoms with van der Waals surface area (Å²) in [4.78, 5) is 33.2. The molecule has 196 valence electrons. The molecule has 7 heteroatoms. The van der Waals surface area contributed by atoms with Crippen LogP contribution in [0.25, 0.3) is 10.9 Å². The number of nitrogens with one attached hydrogen (secondary N) is 2. The maximum absolute atomic E-state index is 13.0. The summed E-state index contributed by atoms with van der Waals surface area (Å²) in [5.74, 6) is 0.675. The molecule has 38 heavy (non-hydrogen) atoms. The maximum Gasteiger partial charge on any atom is 0.227 e. The van der Waals surface area contributed by atoms with Crippen LogP contribution < -0.4 is 15.5 Å². The third kappa shape index (κ3) is 5.73. The number of pyridine rings is 1. The van der Waals surface area contributed by atoms with E-state index in [1.54, 1.807) is 0 Å². The van der Waals surface area contributed by atoms with Crippen LogP contribution in [0.15, 0.2) is 72.1 Å². The first-order valence-corrected chi connectivity index (χ1v) is 14.1. The fraction of sp³-hybridized carbons (Fsp3) is 0.323. The molecule has 1 amide bonds. The van der Waals surface area contributed by atoms with Crippen LogP contribution in [-0.2, 0) is 4.79 Å². The van der Waals surface area contributed by atoms with E-state index in [1.807, 2.05) is 60.8 Å². The van der Waals surface area contributed by atoms with Crippen LogP contribution in [-0.4, -0.2) is 42.9 Å². The molecule has 5 rings (SSSR count). The van der Waals surface area contributed by atoms with Crippen LogP contribution >= 0.6 is 11.3 Å². The molecule has 0 spiro atoms. The van der Waals surface area contributed by atoms with Crippen LogP contribution in [0.5, 0.6) is 0 Å². The molecule has 1 atom stereocenters. The van der Waals surface area contributed by atoms with Crippen LogP contribution in [0, 0.1) is 0 Å². The highest BCUT2D eigenvalue weighted by Gasteiger charge is 2.25. The molecule has 1 saturated carbocycles. The molecular weight excluding hydrogens is 492 g/mol. The molecular formula is C31H34N4O2S. The Morgan fingerprint density at radius 2 is 1.66 bits per heavy atom. The second kappa shape index (κ2) is 11.4. The van der Waals surface area contributed by atoms with Gasteiger partial charge >= 0.3 is 0 Å². The van der Waals surface area contributed by atoms with Gasteiger partial charge in [-0.3, -0.25) is 9.59 Å². The summed E-state index contributed by atoms with van der Waals surface area (Å²) >= 11 is 1.44. The van der Waals surface area contributed by atoms with Crippen LogP contribution in [0.2, 0.25) is 0 Å². The SMILES string of the molecule is CC(C(=O)NC1CCC(Nc2cc(N(C)C)c3ccccc3n2)CC1)c1ccc(C(=O)c2cccs2)cc1. The zero-order valence-corrected chi connectivity index (χ0v) is 22.9. The highest BCUT2D eigenvalue weighted by molar-refractivity contribution is 7.12. The van der Waals surface area contributed by atoms with Crippen molar-refractivity contribution in [1.82, 2.24) is 10.3 Å². The van der Waals surface area contributed by atoms with Gasteiger partial charge in [0.2, 0.25) is 11.7 Å². The minimum absolute atomic E-state index is 0.0193. The van der Waals surface area contributed by atoms with Gasteiger partial charge in [0, 0.05) is 48.9 Å². The van der Waals surface area contributed by atoms with Crippen molar-refractivity contribution in [1.29, 1.82) is 0 Å². The van der Waals surface area contributed by atoms with E-state index in [4.69, 9.17) is 4.98 Å². The van der Waals surface area contributed by atoms with Gasteiger partial charge in [0.1, 0.15) is 5.82 Å². The predicted molar refractivity (Wildman–Crippen MR) is 156 cm³/mol. The predicted octanol–water partition coefficient (Wildman–Crippen LogP) is 6.24. The smallest absolute Gasteiger partial charge is 0.227 e. The summed E-state index contributed by atoms with van der Waals surface area (Å²) in [6, 6.07) is 22.0. The van der Waals surface area contributed by atoms with E-state index in [0.29, 0.717) is 11.6 Å². The number of carbonyl (C=O) groups is 2. The topological polar surface area (TPSA) is 74.3 Å². The average Bonchev–Trinajstić information content (AvgIpc) is 3.48. The van der Waals surface area contributed by atoms with Crippen molar-refractivity contribution >= 4 is 45.4 Å². The van der Waals surface area contributed by atoms with Gasteiger partial charge in [0.05, 0.1) is 16.3 Å². The molecule has 2 N–H and O–H groups in total. The second-order valence-electron chi connectivity index (χ2n) is 10.3. The number of hydrogen-bond acceptors (Lipinski definition) is 6. The van der Waals surface area contributed by atoms with Crippen molar-refractivity contribution in [2.24, 2.45) is 0 Å². The van der Waals surface area contributed by atoms with Crippen LogP contribution in [0.3, 0.4) is 0 Å². The van der Waals surface area contributed by atoms with Gasteiger partial charge < -0.3 is 15.5 Å². The van der Waals surface area contributed by atoms with Crippen molar-refractivity contribution in [3.63, 3.8) is 0 Å². The Kier molecular flexibility index (Phi) is 7.74. The van der Waals surface area contributed by atoms with Gasteiger partial charge in [-0.1, -0.05) is 48.5 Å². The van der Waals surface area contributed by atoms with Crippen molar-refractivity contribution in [3.8, 4) is 0 Å². The number of aromatic nitrogens is 1. The van der Waals surface area contributed by atoms with E-state index in [0.717, 1.165) is 58.5 Å². The van der Waals surface area contributed by atoms with Gasteiger partial charge in [-0.2, -0.15) is 0 Å². The monoisotopic (exact) mass is 526 g/mol. The summed E-state index contributed by atoms with van der Waals surface area (Å²) in [6.45, 7) is 1.92. The summed E-state index contributed by atoms with van der Waals surface area (Å²) < 4.78 is 0. The number of hydrogen-bond donors (Lipinski definition) is 2. The Balaban J connectivity index is 1.14. The van der Waals surface area contributed by atoms with E-state index < -0.39 is 0 Å². The molecule has 0 aliphatic heterocycles. The minimum Gasteiger partial charge on any atom is -0.377 e. The zero-order valence-electron chi connectivity index (χ0n) is 22.1. The lowest BCUT2D eigenvalue weighted by Crippen LogP contribution is -2.41. The molecule has 1 unspecified atom stereocenters. The molecule has 1 fully saturated rings. The Morgan fingerprint density at radius 1 is 0.947 bits per heavy atom. The third-order valence-corrected chi connectivity index (χ3v) is 8.28. The Morgan fingerprint density at radius 3 is 2.34 bits per heavy atom.